The Morgan fingerprint density at radius 1 is 1.24 bits per heavy atom. The van der Waals surface area contributed by atoms with Crippen molar-refractivity contribution < 1.29 is 9.32 Å². The van der Waals surface area contributed by atoms with Crippen molar-refractivity contribution in [1.29, 1.82) is 0 Å². The number of aromatic nitrogens is 2. The van der Waals surface area contributed by atoms with Crippen LogP contribution in [0, 0.1) is 0 Å². The Kier molecular flexibility index (Phi) is 4.36. The zero-order valence-corrected chi connectivity index (χ0v) is 14.6. The average Bonchev–Trinajstić information content (AvgIpc) is 3.04. The zero-order valence-electron chi connectivity index (χ0n) is 13.8. The molecule has 1 amide bonds. The van der Waals surface area contributed by atoms with E-state index in [0.717, 1.165) is 18.4 Å². The predicted molar refractivity (Wildman–Crippen MR) is 96.3 cm³/mol. The Morgan fingerprint density at radius 2 is 2.08 bits per heavy atom. The summed E-state index contributed by atoms with van der Waals surface area (Å²) < 4.78 is 5.23. The first-order chi connectivity index (χ1) is 12.3. The number of nitrogens with zero attached hydrogens (tertiary/aromatic N) is 2. The van der Waals surface area contributed by atoms with Gasteiger partial charge in [0.1, 0.15) is 0 Å². The van der Waals surface area contributed by atoms with Crippen LogP contribution in [-0.2, 0) is 16.6 Å². The molecule has 1 fully saturated rings. The molecule has 0 atom stereocenters. The summed E-state index contributed by atoms with van der Waals surface area (Å²) in [6.07, 6.45) is 3.08. The minimum absolute atomic E-state index is 0.0255. The third-order valence-corrected chi connectivity index (χ3v) is 5.36. The van der Waals surface area contributed by atoms with Gasteiger partial charge in [0.15, 0.2) is 0 Å². The molecule has 1 saturated carbocycles. The first-order valence-corrected chi connectivity index (χ1v) is 9.37. The molecule has 0 unspecified atom stereocenters. The monoisotopic (exact) mass is 353 g/mol. The van der Waals surface area contributed by atoms with Gasteiger partial charge in [-0.1, -0.05) is 35.5 Å². The van der Waals surface area contributed by atoms with Crippen LogP contribution in [0.2, 0.25) is 0 Å². The summed E-state index contributed by atoms with van der Waals surface area (Å²) in [5.74, 6) is 1.11. The molecule has 4 rings (SSSR count). The molecule has 1 aliphatic carbocycles. The van der Waals surface area contributed by atoms with Crippen molar-refractivity contribution in [3.63, 3.8) is 0 Å². The van der Waals surface area contributed by atoms with Gasteiger partial charge >= 0.3 is 0 Å². The largest absolute Gasteiger partial charge is 0.355 e. The van der Waals surface area contributed by atoms with Gasteiger partial charge in [-0.15, -0.1) is 0 Å². The quantitative estimate of drug-likeness (QED) is 0.705. The fraction of sp³-hybridized carbons (Fsp3) is 0.316. The van der Waals surface area contributed by atoms with E-state index in [1.807, 2.05) is 22.9 Å². The van der Waals surface area contributed by atoms with Gasteiger partial charge < -0.3 is 9.84 Å². The Labute approximate surface area is 150 Å². The van der Waals surface area contributed by atoms with E-state index in [9.17, 15) is 4.79 Å². The predicted octanol–water partition coefficient (Wildman–Crippen LogP) is 3.58. The number of amides is 1. The number of nitrogens with one attached hydrogen (secondary N) is 1. The van der Waals surface area contributed by atoms with Crippen molar-refractivity contribution in [1.82, 2.24) is 15.5 Å². The molecule has 3 aromatic rings. The maximum Gasteiger partial charge on any atom is 0.227 e. The lowest BCUT2D eigenvalue weighted by Crippen LogP contribution is -2.32. The zero-order chi connectivity index (χ0) is 17.1. The van der Waals surface area contributed by atoms with Crippen LogP contribution < -0.4 is 5.32 Å². The minimum Gasteiger partial charge on any atom is -0.355 e. The van der Waals surface area contributed by atoms with E-state index in [-0.39, 0.29) is 11.3 Å². The number of hydrogen-bond donors (Lipinski definition) is 1. The van der Waals surface area contributed by atoms with Gasteiger partial charge in [-0.05, 0) is 29.9 Å². The number of rotatable bonds is 7. The first-order valence-electron chi connectivity index (χ1n) is 8.43. The molecule has 2 heterocycles. The maximum atomic E-state index is 12.2. The second-order valence-electron chi connectivity index (χ2n) is 6.45. The molecule has 0 spiro atoms. The maximum absolute atomic E-state index is 12.2. The summed E-state index contributed by atoms with van der Waals surface area (Å²) in [4.78, 5) is 16.5. The summed E-state index contributed by atoms with van der Waals surface area (Å²) in [5.41, 5.74) is 2.39. The number of aryl methyl sites for hydroxylation is 1. The van der Waals surface area contributed by atoms with Crippen molar-refractivity contribution in [3.8, 4) is 11.4 Å². The fourth-order valence-corrected chi connectivity index (χ4v) is 3.59. The Morgan fingerprint density at radius 3 is 2.80 bits per heavy atom. The van der Waals surface area contributed by atoms with E-state index in [1.165, 1.54) is 5.56 Å². The van der Waals surface area contributed by atoms with Crippen LogP contribution in [0.5, 0.6) is 0 Å². The molecule has 0 saturated heterocycles. The van der Waals surface area contributed by atoms with Gasteiger partial charge in [0.05, 0.1) is 0 Å². The minimum atomic E-state index is 0.0255. The standard InChI is InChI=1S/C19H19N3O2S/c23-16(20-13-19(9-10-19)15-4-2-1-3-5-15)6-7-17-21-18(22-24-17)14-8-11-25-12-14/h1-5,8,11-12H,6-7,9-10,13H2,(H,20,23). The van der Waals surface area contributed by atoms with Crippen molar-refractivity contribution in [2.24, 2.45) is 0 Å². The Bertz CT molecular complexity index is 839. The highest BCUT2D eigenvalue weighted by Crippen LogP contribution is 2.47. The lowest BCUT2D eigenvalue weighted by atomic mass is 9.96. The van der Waals surface area contributed by atoms with Gasteiger partial charge in [0, 0.05) is 35.7 Å². The van der Waals surface area contributed by atoms with E-state index in [1.54, 1.807) is 11.3 Å². The molecule has 25 heavy (non-hydrogen) atoms. The van der Waals surface area contributed by atoms with Crippen LogP contribution in [-0.4, -0.2) is 22.6 Å². The number of hydrogen-bond acceptors (Lipinski definition) is 5. The van der Waals surface area contributed by atoms with E-state index in [4.69, 9.17) is 4.52 Å². The summed E-state index contributed by atoms with van der Waals surface area (Å²) in [6, 6.07) is 12.4. The van der Waals surface area contributed by atoms with Crippen LogP contribution in [0.1, 0.15) is 30.7 Å². The van der Waals surface area contributed by atoms with Crippen molar-refractivity contribution >= 4 is 17.2 Å². The number of carbonyl (C=O) groups is 1. The lowest BCUT2D eigenvalue weighted by molar-refractivity contribution is -0.121. The fourth-order valence-electron chi connectivity index (χ4n) is 2.95. The SMILES string of the molecule is O=C(CCc1nc(-c2ccsc2)no1)NCC1(c2ccccc2)CC1. The second-order valence-corrected chi connectivity index (χ2v) is 7.23. The van der Waals surface area contributed by atoms with Crippen LogP contribution in [0.4, 0.5) is 0 Å². The Balaban J connectivity index is 1.27. The lowest BCUT2D eigenvalue weighted by Gasteiger charge is -2.16. The summed E-state index contributed by atoms with van der Waals surface area (Å²) in [7, 11) is 0. The highest BCUT2D eigenvalue weighted by molar-refractivity contribution is 7.08. The highest BCUT2D eigenvalue weighted by atomic mass is 32.1. The van der Waals surface area contributed by atoms with Gasteiger partial charge in [0.2, 0.25) is 17.6 Å². The molecule has 0 aliphatic heterocycles. The number of carbonyl (C=O) groups excluding carboxylic acids is 1. The van der Waals surface area contributed by atoms with Crippen molar-refractivity contribution in [2.75, 3.05) is 6.54 Å². The summed E-state index contributed by atoms with van der Waals surface area (Å²) in [6.45, 7) is 0.694. The normalized spacial score (nSPS) is 15.0. The van der Waals surface area contributed by atoms with E-state index >= 15 is 0 Å². The first kappa shape index (κ1) is 16.0. The molecule has 5 nitrogen and oxygen atoms in total. The molecular weight excluding hydrogens is 334 g/mol. The summed E-state index contributed by atoms with van der Waals surface area (Å²) >= 11 is 1.59. The van der Waals surface area contributed by atoms with Gasteiger partial charge in [-0.2, -0.15) is 16.3 Å². The van der Waals surface area contributed by atoms with Crippen LogP contribution in [0.25, 0.3) is 11.4 Å². The van der Waals surface area contributed by atoms with E-state index in [0.29, 0.717) is 31.1 Å². The van der Waals surface area contributed by atoms with Gasteiger partial charge in [-0.25, -0.2) is 0 Å². The third kappa shape index (κ3) is 3.64. The number of benzene rings is 1. The molecule has 128 valence electrons. The molecule has 0 bridgehead atoms. The van der Waals surface area contributed by atoms with Crippen molar-refractivity contribution in [3.05, 3.63) is 58.6 Å². The molecular formula is C19H19N3O2S. The van der Waals surface area contributed by atoms with Crippen LogP contribution >= 0.6 is 11.3 Å². The highest BCUT2D eigenvalue weighted by Gasteiger charge is 2.44. The third-order valence-electron chi connectivity index (χ3n) is 4.68. The molecule has 1 N–H and O–H groups in total. The van der Waals surface area contributed by atoms with Crippen molar-refractivity contribution in [2.45, 2.75) is 31.1 Å². The molecule has 1 aliphatic rings. The molecule has 1 aromatic carbocycles. The smallest absolute Gasteiger partial charge is 0.227 e. The van der Waals surface area contributed by atoms with E-state index in [2.05, 4.69) is 39.7 Å². The van der Waals surface area contributed by atoms with Crippen LogP contribution in [0.3, 0.4) is 0 Å². The van der Waals surface area contributed by atoms with E-state index < -0.39 is 0 Å². The van der Waals surface area contributed by atoms with Crippen LogP contribution in [0.15, 0.2) is 51.7 Å². The molecule has 6 heteroatoms. The van der Waals surface area contributed by atoms with Gasteiger partial charge in [-0.3, -0.25) is 4.79 Å². The molecule has 0 radical (unpaired) electrons. The molecule has 2 aromatic heterocycles. The topological polar surface area (TPSA) is 68.0 Å². The second kappa shape index (κ2) is 6.80. The Hall–Kier alpha value is -2.47. The summed E-state index contributed by atoms with van der Waals surface area (Å²) in [5, 5.41) is 11.0. The van der Waals surface area contributed by atoms with Gasteiger partial charge in [0.25, 0.3) is 0 Å². The number of thiophene rings is 1. The average molecular weight is 353 g/mol.